The van der Waals surface area contributed by atoms with Crippen LogP contribution in [0.15, 0.2) is 42.9 Å². The van der Waals surface area contributed by atoms with E-state index >= 15 is 0 Å². The molecule has 0 radical (unpaired) electrons. The molecule has 1 aromatic carbocycles. The zero-order valence-corrected chi connectivity index (χ0v) is 21.7. The predicted octanol–water partition coefficient (Wildman–Crippen LogP) is 4.71. The monoisotopic (exact) mass is 485 g/mol. The van der Waals surface area contributed by atoms with Crippen molar-refractivity contribution in [2.75, 3.05) is 11.9 Å². The number of anilines is 1. The van der Waals surface area contributed by atoms with Crippen molar-refractivity contribution in [3.63, 3.8) is 0 Å². The second-order valence-electron chi connectivity index (χ2n) is 10.8. The Kier molecular flexibility index (Phi) is 6.38. The lowest BCUT2D eigenvalue weighted by Crippen LogP contribution is -2.43. The van der Waals surface area contributed by atoms with Crippen LogP contribution in [-0.4, -0.2) is 37.2 Å². The molecule has 36 heavy (non-hydrogen) atoms. The average molecular weight is 486 g/mol. The molecule has 4 aromatic rings. The van der Waals surface area contributed by atoms with Gasteiger partial charge in [0, 0.05) is 25.5 Å². The smallest absolute Gasteiger partial charge is 0.274 e. The molecule has 3 aromatic heterocycles. The largest absolute Gasteiger partial charge is 0.359 e. The van der Waals surface area contributed by atoms with E-state index in [2.05, 4.69) is 58.7 Å². The van der Waals surface area contributed by atoms with Crippen LogP contribution < -0.4 is 10.6 Å². The molecule has 1 fully saturated rings. The Hall–Kier alpha value is -3.52. The van der Waals surface area contributed by atoms with Crippen LogP contribution in [0.5, 0.6) is 0 Å². The molecule has 0 spiro atoms. The van der Waals surface area contributed by atoms with Gasteiger partial charge in [-0.25, -0.2) is 4.98 Å². The molecule has 0 bridgehead atoms. The number of H-pyrrole nitrogens is 1. The Labute approximate surface area is 211 Å². The molecule has 0 atom stereocenters. The van der Waals surface area contributed by atoms with Gasteiger partial charge in [0.15, 0.2) is 0 Å². The van der Waals surface area contributed by atoms with Crippen molar-refractivity contribution in [3.8, 4) is 0 Å². The van der Waals surface area contributed by atoms with Gasteiger partial charge in [-0.2, -0.15) is 0 Å². The minimum atomic E-state index is -0.213. The van der Waals surface area contributed by atoms with E-state index in [0.717, 1.165) is 58.6 Å². The summed E-state index contributed by atoms with van der Waals surface area (Å²) in [4.78, 5) is 21.4. The van der Waals surface area contributed by atoms with Gasteiger partial charge in [-0.05, 0) is 73.0 Å². The molecule has 8 nitrogen and oxygen atoms in total. The number of hydrogen-bond donors (Lipinski definition) is 3. The van der Waals surface area contributed by atoms with Gasteiger partial charge >= 0.3 is 0 Å². The molecule has 1 aliphatic rings. The number of rotatable bonds is 8. The Morgan fingerprint density at radius 2 is 2.08 bits per heavy atom. The van der Waals surface area contributed by atoms with Gasteiger partial charge < -0.3 is 20.2 Å². The minimum Gasteiger partial charge on any atom is -0.359 e. The van der Waals surface area contributed by atoms with Gasteiger partial charge in [0.1, 0.15) is 17.8 Å². The van der Waals surface area contributed by atoms with Crippen molar-refractivity contribution in [1.82, 2.24) is 30.0 Å². The highest BCUT2D eigenvalue weighted by atomic mass is 16.1. The standard InChI is InChI=1S/C28H35N7O/c1-17(2)13-29-15-20-9-23(33-24-19(4)14-30-25(20)24)26(36)32-22-8-6-7-21(10-22)28(11-18(3)12-28)27-34-31-16-35(27)5/h6-10,14,16-18,29-30H,11-13,15H2,1-5H3,(H,32,36). The SMILES string of the molecule is Cc1c[nH]c2c(CNCC(C)C)cc(C(=O)Nc3cccc(C4(c5nncn5C)CC(C)C4)c3)nc12. The van der Waals surface area contributed by atoms with Crippen LogP contribution in [0.1, 0.15) is 66.6 Å². The number of aromatic amines is 1. The maximum Gasteiger partial charge on any atom is 0.274 e. The summed E-state index contributed by atoms with van der Waals surface area (Å²) >= 11 is 0. The van der Waals surface area contributed by atoms with Crippen molar-refractivity contribution in [2.24, 2.45) is 18.9 Å². The zero-order chi connectivity index (χ0) is 25.4. The molecular formula is C28H35N7O. The third-order valence-electron chi connectivity index (χ3n) is 7.21. The fourth-order valence-electron chi connectivity index (χ4n) is 5.53. The summed E-state index contributed by atoms with van der Waals surface area (Å²) in [6, 6.07) is 10.0. The van der Waals surface area contributed by atoms with Crippen LogP contribution in [0, 0.1) is 18.8 Å². The summed E-state index contributed by atoms with van der Waals surface area (Å²) in [5.41, 5.74) is 6.02. The number of carbonyl (C=O) groups is 1. The number of nitrogens with zero attached hydrogens (tertiary/aromatic N) is 4. The summed E-state index contributed by atoms with van der Waals surface area (Å²) in [7, 11) is 1.99. The maximum atomic E-state index is 13.4. The first kappa shape index (κ1) is 24.2. The second-order valence-corrected chi connectivity index (χ2v) is 10.8. The predicted molar refractivity (Wildman–Crippen MR) is 142 cm³/mol. The van der Waals surface area contributed by atoms with Crippen LogP contribution in [0.3, 0.4) is 0 Å². The van der Waals surface area contributed by atoms with Crippen LogP contribution >= 0.6 is 0 Å². The maximum absolute atomic E-state index is 13.4. The highest BCUT2D eigenvalue weighted by Gasteiger charge is 2.48. The number of aromatic nitrogens is 5. The number of amides is 1. The van der Waals surface area contributed by atoms with E-state index < -0.39 is 0 Å². The van der Waals surface area contributed by atoms with E-state index in [1.165, 1.54) is 0 Å². The normalized spacial score (nSPS) is 19.6. The molecule has 0 unspecified atom stereocenters. The first-order valence-electron chi connectivity index (χ1n) is 12.7. The van der Waals surface area contributed by atoms with Gasteiger partial charge in [0.25, 0.3) is 5.91 Å². The van der Waals surface area contributed by atoms with E-state index in [1.54, 1.807) is 6.33 Å². The van der Waals surface area contributed by atoms with E-state index in [1.807, 2.05) is 42.9 Å². The first-order chi connectivity index (χ1) is 17.3. The summed E-state index contributed by atoms with van der Waals surface area (Å²) in [6.07, 6.45) is 5.72. The number of aryl methyl sites for hydroxylation is 2. The Morgan fingerprint density at radius 3 is 2.78 bits per heavy atom. The Balaban J connectivity index is 1.42. The molecule has 3 heterocycles. The Morgan fingerprint density at radius 1 is 1.28 bits per heavy atom. The van der Waals surface area contributed by atoms with E-state index in [9.17, 15) is 4.79 Å². The Bertz CT molecular complexity index is 1390. The van der Waals surface area contributed by atoms with Crippen molar-refractivity contribution >= 4 is 22.6 Å². The third kappa shape index (κ3) is 4.41. The summed E-state index contributed by atoms with van der Waals surface area (Å²) < 4.78 is 2.00. The molecule has 8 heteroatoms. The minimum absolute atomic E-state index is 0.181. The van der Waals surface area contributed by atoms with Gasteiger partial charge in [0.2, 0.25) is 0 Å². The number of hydrogen-bond acceptors (Lipinski definition) is 5. The van der Waals surface area contributed by atoms with E-state index in [0.29, 0.717) is 24.1 Å². The zero-order valence-electron chi connectivity index (χ0n) is 21.7. The number of pyridine rings is 1. The molecule has 1 aliphatic carbocycles. The molecule has 1 saturated carbocycles. The fraction of sp³-hybridized carbons (Fsp3) is 0.429. The van der Waals surface area contributed by atoms with Crippen LogP contribution in [0.2, 0.25) is 0 Å². The topological polar surface area (TPSA) is 101 Å². The number of fused-ring (bicyclic) bond motifs is 1. The van der Waals surface area contributed by atoms with Gasteiger partial charge in [-0.3, -0.25) is 4.79 Å². The van der Waals surface area contributed by atoms with Crippen molar-refractivity contribution in [2.45, 2.75) is 52.5 Å². The number of benzene rings is 1. The second kappa shape index (κ2) is 9.50. The van der Waals surface area contributed by atoms with Crippen LogP contribution in [-0.2, 0) is 19.0 Å². The third-order valence-corrected chi connectivity index (χ3v) is 7.21. The van der Waals surface area contributed by atoms with Gasteiger partial charge in [0.05, 0.1) is 16.4 Å². The lowest BCUT2D eigenvalue weighted by atomic mass is 9.58. The lowest BCUT2D eigenvalue weighted by molar-refractivity contribution is 0.102. The van der Waals surface area contributed by atoms with Gasteiger partial charge in [-0.1, -0.05) is 32.9 Å². The molecule has 188 valence electrons. The van der Waals surface area contributed by atoms with E-state index in [-0.39, 0.29) is 11.3 Å². The first-order valence-corrected chi connectivity index (χ1v) is 12.7. The summed E-state index contributed by atoms with van der Waals surface area (Å²) in [5.74, 6) is 1.92. The fourth-order valence-corrected chi connectivity index (χ4v) is 5.53. The molecule has 1 amide bonds. The lowest BCUT2D eigenvalue weighted by Gasteiger charge is -2.46. The molecule has 5 rings (SSSR count). The van der Waals surface area contributed by atoms with Crippen LogP contribution in [0.4, 0.5) is 5.69 Å². The van der Waals surface area contributed by atoms with E-state index in [4.69, 9.17) is 4.98 Å². The van der Waals surface area contributed by atoms with Crippen LogP contribution in [0.25, 0.3) is 11.0 Å². The quantitative estimate of drug-likeness (QED) is 0.335. The molecule has 0 saturated heterocycles. The summed E-state index contributed by atoms with van der Waals surface area (Å²) in [6.45, 7) is 10.2. The number of carbonyl (C=O) groups excluding carboxylic acids is 1. The molecule has 3 N–H and O–H groups in total. The van der Waals surface area contributed by atoms with Crippen molar-refractivity contribution in [1.29, 1.82) is 0 Å². The van der Waals surface area contributed by atoms with Crippen molar-refractivity contribution < 1.29 is 4.79 Å². The molecular weight excluding hydrogens is 450 g/mol. The summed E-state index contributed by atoms with van der Waals surface area (Å²) in [5, 5.41) is 15.1. The highest BCUT2D eigenvalue weighted by molar-refractivity contribution is 6.04. The van der Waals surface area contributed by atoms with Crippen molar-refractivity contribution in [3.05, 3.63) is 71.1 Å². The van der Waals surface area contributed by atoms with Gasteiger partial charge in [-0.15, -0.1) is 10.2 Å². The number of nitrogens with one attached hydrogen (secondary N) is 3. The highest BCUT2D eigenvalue weighted by Crippen LogP contribution is 2.51. The molecule has 0 aliphatic heterocycles. The average Bonchev–Trinajstić information content (AvgIpc) is 3.42.